The van der Waals surface area contributed by atoms with E-state index in [1.54, 1.807) is 0 Å². The van der Waals surface area contributed by atoms with Gasteiger partial charge in [-0.2, -0.15) is 8.73 Å². The van der Waals surface area contributed by atoms with Crippen LogP contribution >= 0.6 is 56.7 Å². The molecule has 0 aliphatic carbocycles. The Hall–Kier alpha value is -3.12. The van der Waals surface area contributed by atoms with Crippen molar-refractivity contribution >= 4 is 79.4 Å². The summed E-state index contributed by atoms with van der Waals surface area (Å²) in [4.78, 5) is 10.3. The molecule has 0 aromatic carbocycles. The molecule has 0 atom stereocenters. The summed E-state index contributed by atoms with van der Waals surface area (Å²) in [5.41, 5.74) is 7.35. The first-order chi connectivity index (χ1) is 24.7. The Morgan fingerprint density at radius 2 is 0.900 bits per heavy atom. The van der Waals surface area contributed by atoms with Gasteiger partial charge in [0.15, 0.2) is 0 Å². The van der Waals surface area contributed by atoms with Crippen LogP contribution in [0, 0.1) is 0 Å². The summed E-state index contributed by atoms with van der Waals surface area (Å²) in [5.74, 6) is 0. The molecule has 8 rings (SSSR count). The summed E-state index contributed by atoms with van der Waals surface area (Å²) in [6.45, 7) is 6.65. The first kappa shape index (κ1) is 34.0. The van der Waals surface area contributed by atoms with Crippen molar-refractivity contribution in [3.05, 3.63) is 83.6 Å². The Labute approximate surface area is 318 Å². The average Bonchev–Trinajstić information content (AvgIpc) is 3.97. The zero-order valence-electron chi connectivity index (χ0n) is 28.4. The normalized spacial score (nSPS) is 12.3. The number of hydrogen-bond acceptors (Lipinski definition) is 7. The summed E-state index contributed by atoms with van der Waals surface area (Å²) in [5, 5.41) is 4.36. The molecule has 0 saturated carbocycles. The Bertz CT molecular complexity index is 2090. The molecule has 8 heterocycles. The minimum atomic E-state index is 1.03. The SMILES string of the molecule is CCCCCCn1c(-c2cccs2)ccc1-c1ccc(-c2sc(-c3ccc(-c4ccc(-c5cccs5)n4CCCCCC)s3)c3c2N=S=N3)s1. The van der Waals surface area contributed by atoms with E-state index in [0.29, 0.717) is 0 Å². The van der Waals surface area contributed by atoms with Gasteiger partial charge in [-0.3, -0.25) is 0 Å². The Balaban J connectivity index is 1.10. The van der Waals surface area contributed by atoms with Gasteiger partial charge in [0, 0.05) is 22.8 Å². The summed E-state index contributed by atoms with van der Waals surface area (Å²) in [6.07, 6.45) is 10.0. The fourth-order valence-corrected chi connectivity index (χ4v) is 12.4. The van der Waals surface area contributed by atoms with Crippen molar-refractivity contribution in [3.63, 3.8) is 0 Å². The molecule has 1 aliphatic heterocycles. The van der Waals surface area contributed by atoms with Crippen LogP contribution < -0.4 is 0 Å². The third kappa shape index (κ3) is 6.78. The summed E-state index contributed by atoms with van der Waals surface area (Å²) in [7, 11) is 0. The molecule has 7 aromatic heterocycles. The number of fused-ring (bicyclic) bond motifs is 1. The fraction of sp³-hybridized carbons (Fsp3) is 0.300. The quantitative estimate of drug-likeness (QED) is 0.0878. The van der Waals surface area contributed by atoms with Crippen LogP contribution in [0.3, 0.4) is 0 Å². The minimum Gasteiger partial charge on any atom is -0.339 e. The lowest BCUT2D eigenvalue weighted by Gasteiger charge is -2.12. The van der Waals surface area contributed by atoms with Crippen LogP contribution in [0.25, 0.3) is 61.8 Å². The summed E-state index contributed by atoms with van der Waals surface area (Å²) < 4.78 is 14.8. The van der Waals surface area contributed by atoms with Gasteiger partial charge in [-0.05, 0) is 84.3 Å². The maximum atomic E-state index is 4.84. The van der Waals surface area contributed by atoms with Crippen LogP contribution in [0.4, 0.5) is 11.4 Å². The van der Waals surface area contributed by atoms with Crippen LogP contribution in [0.1, 0.15) is 65.2 Å². The number of nitrogens with zero attached hydrogens (tertiary/aromatic N) is 4. The molecule has 0 bridgehead atoms. The average molecular weight is 769 g/mol. The summed E-state index contributed by atoms with van der Waals surface area (Å²) >= 11 is 10.6. The Morgan fingerprint density at radius 1 is 0.460 bits per heavy atom. The second-order valence-corrected chi connectivity index (χ2v) is 18.2. The standard InChI is InChI=1S/C40H40N4S6/c1-3-5-7-9-23-43-27(31-13-11-25-45-31)15-17-29(43)33-19-21-35(47-33)39-37-38(42-50-41-37)40(49-39)36-22-20-34(48-36)30-18-16-28(32-14-12-26-46-32)44(30)24-10-8-6-4-2/h11-22,25-26H,3-10,23-24H2,1-2H3. The van der Waals surface area contributed by atoms with Crippen molar-refractivity contribution in [2.24, 2.45) is 8.73 Å². The van der Waals surface area contributed by atoms with E-state index in [9.17, 15) is 0 Å². The first-order valence-corrected chi connectivity index (χ1v) is 22.6. The number of rotatable bonds is 16. The van der Waals surface area contributed by atoms with Gasteiger partial charge in [0.1, 0.15) is 11.4 Å². The van der Waals surface area contributed by atoms with E-state index in [4.69, 9.17) is 8.73 Å². The van der Waals surface area contributed by atoms with Crippen LogP contribution in [-0.2, 0) is 24.4 Å². The van der Waals surface area contributed by atoms with Crippen molar-refractivity contribution in [2.45, 2.75) is 78.3 Å². The van der Waals surface area contributed by atoms with Crippen LogP contribution in [-0.4, -0.2) is 9.13 Å². The molecule has 0 unspecified atom stereocenters. The lowest BCUT2D eigenvalue weighted by Crippen LogP contribution is -2.01. The van der Waals surface area contributed by atoms with Crippen molar-refractivity contribution < 1.29 is 0 Å². The molecule has 10 heteroatoms. The van der Waals surface area contributed by atoms with Gasteiger partial charge in [0.05, 0.1) is 63.4 Å². The second-order valence-electron chi connectivity index (χ2n) is 12.6. The lowest BCUT2D eigenvalue weighted by atomic mass is 10.2. The zero-order valence-corrected chi connectivity index (χ0v) is 33.3. The van der Waals surface area contributed by atoms with E-state index in [-0.39, 0.29) is 0 Å². The van der Waals surface area contributed by atoms with Crippen LogP contribution in [0.2, 0.25) is 0 Å². The number of thiophene rings is 5. The van der Waals surface area contributed by atoms with Gasteiger partial charge >= 0.3 is 0 Å². The lowest BCUT2D eigenvalue weighted by molar-refractivity contribution is 0.591. The monoisotopic (exact) mass is 768 g/mol. The molecular formula is C40H40N4S6. The van der Waals surface area contributed by atoms with Crippen molar-refractivity contribution in [2.75, 3.05) is 0 Å². The van der Waals surface area contributed by atoms with Gasteiger partial charge in [-0.1, -0.05) is 64.5 Å². The van der Waals surface area contributed by atoms with Crippen molar-refractivity contribution in [1.82, 2.24) is 9.13 Å². The van der Waals surface area contributed by atoms with Crippen LogP contribution in [0.15, 0.2) is 92.3 Å². The third-order valence-corrected chi connectivity index (χ3v) is 15.3. The van der Waals surface area contributed by atoms with E-state index >= 15 is 0 Å². The van der Waals surface area contributed by atoms with Crippen molar-refractivity contribution in [3.8, 4) is 61.8 Å². The highest BCUT2D eigenvalue weighted by atomic mass is 32.1. The Morgan fingerprint density at radius 3 is 1.32 bits per heavy atom. The van der Waals surface area contributed by atoms with E-state index in [2.05, 4.69) is 107 Å². The van der Waals surface area contributed by atoms with E-state index in [1.807, 2.05) is 56.7 Å². The molecule has 0 spiro atoms. The van der Waals surface area contributed by atoms with Crippen molar-refractivity contribution in [1.29, 1.82) is 0 Å². The van der Waals surface area contributed by atoms with E-state index in [1.165, 1.54) is 125 Å². The molecule has 50 heavy (non-hydrogen) atoms. The molecular weight excluding hydrogens is 729 g/mol. The highest BCUT2D eigenvalue weighted by molar-refractivity contribution is 7.58. The first-order valence-electron chi connectivity index (χ1n) is 17.7. The number of hydrogen-bond donors (Lipinski definition) is 0. The molecule has 4 nitrogen and oxygen atoms in total. The Kier molecular flexibility index (Phi) is 10.6. The van der Waals surface area contributed by atoms with E-state index < -0.39 is 0 Å². The third-order valence-electron chi connectivity index (χ3n) is 9.27. The molecule has 0 amide bonds. The molecule has 1 aliphatic rings. The van der Waals surface area contributed by atoms with Gasteiger partial charge in [0.2, 0.25) is 0 Å². The predicted octanol–water partition coefficient (Wildman–Crippen LogP) is 15.5. The van der Waals surface area contributed by atoms with Gasteiger partial charge in [-0.15, -0.1) is 56.7 Å². The molecule has 7 aromatic rings. The second kappa shape index (κ2) is 15.6. The summed E-state index contributed by atoms with van der Waals surface area (Å²) in [6, 6.07) is 27.3. The molecule has 0 saturated heterocycles. The number of aromatic nitrogens is 2. The molecule has 0 N–H and O–H groups in total. The topological polar surface area (TPSA) is 34.6 Å². The minimum absolute atomic E-state index is 1.03. The zero-order chi connectivity index (χ0) is 33.9. The van der Waals surface area contributed by atoms with Gasteiger partial charge < -0.3 is 9.13 Å². The maximum absolute atomic E-state index is 4.84. The fourth-order valence-electron chi connectivity index (χ4n) is 6.73. The highest BCUT2D eigenvalue weighted by Crippen LogP contribution is 2.57. The molecule has 256 valence electrons. The van der Waals surface area contributed by atoms with Crippen LogP contribution in [0.5, 0.6) is 0 Å². The van der Waals surface area contributed by atoms with Gasteiger partial charge in [-0.25, -0.2) is 0 Å². The van der Waals surface area contributed by atoms with E-state index in [0.717, 1.165) is 24.5 Å². The predicted molar refractivity (Wildman–Crippen MR) is 224 cm³/mol. The molecule has 0 fully saturated rings. The number of unbranched alkanes of at least 4 members (excludes halogenated alkanes) is 6. The largest absolute Gasteiger partial charge is 0.339 e. The van der Waals surface area contributed by atoms with Gasteiger partial charge in [0.25, 0.3) is 0 Å². The highest BCUT2D eigenvalue weighted by Gasteiger charge is 2.26. The molecule has 0 radical (unpaired) electrons. The maximum Gasteiger partial charge on any atom is 0.124 e. The smallest absolute Gasteiger partial charge is 0.124 e.